The van der Waals surface area contributed by atoms with Gasteiger partial charge < -0.3 is 19.5 Å². The fraction of sp³-hybridized carbons (Fsp3) is 0.526. The van der Waals surface area contributed by atoms with Crippen LogP contribution in [0, 0.1) is 5.92 Å². The second-order valence-electron chi connectivity index (χ2n) is 6.29. The number of pyridine rings is 1. The molecule has 0 spiro atoms. The third kappa shape index (κ3) is 8.95. The highest BCUT2D eigenvalue weighted by atomic mass is 32.2. The number of amides is 1. The Balaban J connectivity index is 2.76. The SMILES string of the molecule is COC(=O)CC(CSC[C@H](NC(=O)OC(C)C)C(=O)OC)C(=O)c1cccnc1. The van der Waals surface area contributed by atoms with Gasteiger partial charge in [0.05, 0.1) is 26.7 Å². The molecule has 9 nitrogen and oxygen atoms in total. The zero-order valence-corrected chi connectivity index (χ0v) is 17.7. The fourth-order valence-corrected chi connectivity index (χ4v) is 3.43. The number of nitrogens with one attached hydrogen (secondary N) is 1. The van der Waals surface area contributed by atoms with Gasteiger partial charge in [-0.25, -0.2) is 9.59 Å². The van der Waals surface area contributed by atoms with E-state index < -0.39 is 30.0 Å². The van der Waals surface area contributed by atoms with Gasteiger partial charge in [-0.1, -0.05) is 0 Å². The smallest absolute Gasteiger partial charge is 0.408 e. The van der Waals surface area contributed by atoms with Crippen LogP contribution in [-0.2, 0) is 23.8 Å². The zero-order chi connectivity index (χ0) is 21.8. The molecule has 1 rings (SSSR count). The maximum absolute atomic E-state index is 12.7. The van der Waals surface area contributed by atoms with Gasteiger partial charge in [-0.2, -0.15) is 11.8 Å². The number of carbonyl (C=O) groups is 4. The van der Waals surface area contributed by atoms with Gasteiger partial charge in [0.15, 0.2) is 5.78 Å². The van der Waals surface area contributed by atoms with Gasteiger partial charge in [0.25, 0.3) is 0 Å². The van der Waals surface area contributed by atoms with Crippen molar-refractivity contribution in [3.05, 3.63) is 30.1 Å². The predicted molar refractivity (Wildman–Crippen MR) is 107 cm³/mol. The molecular weight excluding hydrogens is 400 g/mol. The molecule has 1 amide bonds. The summed E-state index contributed by atoms with van der Waals surface area (Å²) in [5, 5.41) is 2.44. The number of hydrogen-bond donors (Lipinski definition) is 1. The Hall–Kier alpha value is -2.62. The van der Waals surface area contributed by atoms with Crippen molar-refractivity contribution < 1.29 is 33.4 Å². The molecule has 0 aliphatic carbocycles. The van der Waals surface area contributed by atoms with Crippen molar-refractivity contribution in [3.8, 4) is 0 Å². The molecule has 1 N–H and O–H groups in total. The van der Waals surface area contributed by atoms with Gasteiger partial charge in [0, 0.05) is 35.4 Å². The first-order chi connectivity index (χ1) is 13.8. The number of carbonyl (C=O) groups excluding carboxylic acids is 4. The Bertz CT molecular complexity index is 697. The number of thioether (sulfide) groups is 1. The fourth-order valence-electron chi connectivity index (χ4n) is 2.29. The van der Waals surface area contributed by atoms with E-state index in [1.807, 2.05) is 0 Å². The molecule has 160 valence electrons. The van der Waals surface area contributed by atoms with Gasteiger partial charge >= 0.3 is 18.0 Å². The lowest BCUT2D eigenvalue weighted by atomic mass is 9.97. The molecule has 0 bridgehead atoms. The van der Waals surface area contributed by atoms with Crippen LogP contribution in [0.15, 0.2) is 24.5 Å². The van der Waals surface area contributed by atoms with Gasteiger partial charge in [-0.05, 0) is 26.0 Å². The minimum absolute atomic E-state index is 0.108. The first kappa shape index (κ1) is 24.4. The predicted octanol–water partition coefficient (Wildman–Crippen LogP) is 1.85. The number of nitrogens with zero attached hydrogens (tertiary/aromatic N) is 1. The third-order valence-corrected chi connectivity index (χ3v) is 4.89. The Morgan fingerprint density at radius 2 is 1.86 bits per heavy atom. The Morgan fingerprint density at radius 1 is 1.14 bits per heavy atom. The second kappa shape index (κ2) is 12.8. The molecule has 0 aliphatic heterocycles. The third-order valence-electron chi connectivity index (χ3n) is 3.68. The number of methoxy groups -OCH3 is 2. The molecule has 10 heteroatoms. The van der Waals surface area contributed by atoms with Crippen LogP contribution >= 0.6 is 11.8 Å². The van der Waals surface area contributed by atoms with Crippen molar-refractivity contribution in [3.63, 3.8) is 0 Å². The number of aromatic nitrogens is 1. The first-order valence-corrected chi connectivity index (χ1v) is 10.1. The lowest BCUT2D eigenvalue weighted by molar-refractivity contribution is -0.142. The Labute approximate surface area is 173 Å². The average molecular weight is 426 g/mol. The summed E-state index contributed by atoms with van der Waals surface area (Å²) in [6.45, 7) is 3.37. The number of rotatable bonds is 11. The van der Waals surface area contributed by atoms with Gasteiger partial charge in [-0.3, -0.25) is 14.6 Å². The standard InChI is InChI=1S/C19H26N2O7S/c1-12(2)28-19(25)21-15(18(24)27-4)11-29-10-14(8-16(22)26-3)17(23)13-6-5-7-20-9-13/h5-7,9,12,14-15H,8,10-11H2,1-4H3,(H,21,25)/t14?,15-/m0/s1. The largest absolute Gasteiger partial charge is 0.469 e. The Morgan fingerprint density at radius 3 is 2.41 bits per heavy atom. The number of esters is 2. The number of Topliss-reactive ketones (excluding diaryl/α,β-unsaturated/α-hetero) is 1. The number of hydrogen-bond acceptors (Lipinski definition) is 9. The van der Waals surface area contributed by atoms with Crippen LogP contribution in [-0.4, -0.2) is 66.7 Å². The summed E-state index contributed by atoms with van der Waals surface area (Å²) in [5.74, 6) is -1.71. The van der Waals surface area contributed by atoms with Gasteiger partial charge in [-0.15, -0.1) is 0 Å². The van der Waals surface area contributed by atoms with E-state index in [-0.39, 0.29) is 29.8 Å². The van der Waals surface area contributed by atoms with Crippen molar-refractivity contribution >= 4 is 35.6 Å². The molecule has 0 fully saturated rings. The topological polar surface area (TPSA) is 121 Å². The van der Waals surface area contributed by atoms with Crippen LogP contribution in [0.2, 0.25) is 0 Å². The van der Waals surface area contributed by atoms with Crippen molar-refractivity contribution in [1.82, 2.24) is 10.3 Å². The summed E-state index contributed by atoms with van der Waals surface area (Å²) >= 11 is 1.23. The number of alkyl carbamates (subject to hydrolysis) is 1. The van der Waals surface area contributed by atoms with E-state index in [1.54, 1.807) is 32.2 Å². The molecule has 2 atom stereocenters. The Kier molecular flexibility index (Phi) is 10.7. The van der Waals surface area contributed by atoms with Crippen LogP contribution in [0.5, 0.6) is 0 Å². The maximum Gasteiger partial charge on any atom is 0.408 e. The molecule has 0 saturated heterocycles. The highest BCUT2D eigenvalue weighted by Gasteiger charge is 2.27. The molecule has 1 aromatic heterocycles. The van der Waals surface area contributed by atoms with Crippen LogP contribution in [0.1, 0.15) is 30.6 Å². The lowest BCUT2D eigenvalue weighted by Crippen LogP contribution is -2.44. The summed E-state index contributed by atoms with van der Waals surface area (Å²) < 4.78 is 14.4. The highest BCUT2D eigenvalue weighted by molar-refractivity contribution is 7.99. The molecule has 1 unspecified atom stereocenters. The minimum Gasteiger partial charge on any atom is -0.469 e. The minimum atomic E-state index is -0.955. The second-order valence-corrected chi connectivity index (χ2v) is 7.37. The monoisotopic (exact) mass is 426 g/mol. The number of ether oxygens (including phenoxy) is 3. The highest BCUT2D eigenvalue weighted by Crippen LogP contribution is 2.19. The molecule has 1 heterocycles. The zero-order valence-electron chi connectivity index (χ0n) is 16.9. The van der Waals surface area contributed by atoms with E-state index in [4.69, 9.17) is 9.47 Å². The molecule has 0 aromatic carbocycles. The summed E-state index contributed by atoms with van der Waals surface area (Å²) in [6.07, 6.45) is 1.78. The normalized spacial score (nSPS) is 12.6. The molecule has 1 aromatic rings. The quantitative estimate of drug-likeness (QED) is 0.321. The molecule has 0 radical (unpaired) electrons. The van der Waals surface area contributed by atoms with E-state index in [2.05, 4.69) is 15.0 Å². The van der Waals surface area contributed by atoms with E-state index in [9.17, 15) is 19.2 Å². The molecule has 29 heavy (non-hydrogen) atoms. The van der Waals surface area contributed by atoms with E-state index >= 15 is 0 Å². The van der Waals surface area contributed by atoms with Crippen molar-refractivity contribution in [1.29, 1.82) is 0 Å². The van der Waals surface area contributed by atoms with Crippen LogP contribution in [0.25, 0.3) is 0 Å². The number of ketones is 1. The van der Waals surface area contributed by atoms with Crippen molar-refractivity contribution in [2.45, 2.75) is 32.4 Å². The van der Waals surface area contributed by atoms with Gasteiger partial charge in [0.2, 0.25) is 0 Å². The van der Waals surface area contributed by atoms with E-state index in [1.165, 1.54) is 32.2 Å². The molecule has 0 saturated carbocycles. The van der Waals surface area contributed by atoms with Gasteiger partial charge in [0.1, 0.15) is 6.04 Å². The van der Waals surface area contributed by atoms with Crippen LogP contribution in [0.4, 0.5) is 4.79 Å². The maximum atomic E-state index is 12.7. The molecular formula is C19H26N2O7S. The first-order valence-electron chi connectivity index (χ1n) is 8.92. The summed E-state index contributed by atoms with van der Waals surface area (Å²) in [5.41, 5.74) is 0.380. The molecule has 0 aliphatic rings. The summed E-state index contributed by atoms with van der Waals surface area (Å²) in [7, 11) is 2.46. The lowest BCUT2D eigenvalue weighted by Gasteiger charge is -2.19. The van der Waals surface area contributed by atoms with Crippen LogP contribution < -0.4 is 5.32 Å². The van der Waals surface area contributed by atoms with Crippen LogP contribution in [0.3, 0.4) is 0 Å². The van der Waals surface area contributed by atoms with E-state index in [0.717, 1.165) is 0 Å². The summed E-state index contributed by atoms with van der Waals surface area (Å²) in [6, 6.07) is 2.29. The average Bonchev–Trinajstić information content (AvgIpc) is 2.70. The summed E-state index contributed by atoms with van der Waals surface area (Å²) in [4.78, 5) is 52.1. The van der Waals surface area contributed by atoms with Crippen molar-refractivity contribution in [2.75, 3.05) is 25.7 Å². The van der Waals surface area contributed by atoms with Crippen molar-refractivity contribution in [2.24, 2.45) is 5.92 Å². The van der Waals surface area contributed by atoms with E-state index in [0.29, 0.717) is 5.56 Å².